The number of nitrogens with zero attached hydrogens (tertiary/aromatic N) is 3. The lowest BCUT2D eigenvalue weighted by atomic mass is 10.2. The maximum absolute atomic E-state index is 13.0. The Kier molecular flexibility index (Phi) is 5.54. The summed E-state index contributed by atoms with van der Waals surface area (Å²) < 4.78 is 43.6. The molecule has 0 aliphatic heterocycles. The molecule has 1 heterocycles. The summed E-state index contributed by atoms with van der Waals surface area (Å²) in [4.78, 5) is 15.2. The van der Waals surface area contributed by atoms with Crippen molar-refractivity contribution >= 4 is 17.7 Å². The summed E-state index contributed by atoms with van der Waals surface area (Å²) >= 11 is 0.623. The zero-order chi connectivity index (χ0) is 16.9. The molecule has 2 rings (SSSR count). The quantitative estimate of drug-likeness (QED) is 0.613. The summed E-state index contributed by atoms with van der Waals surface area (Å²) in [5.41, 5.74) is -0.682. The number of carbonyl (C=O) groups is 1. The molecule has 0 N–H and O–H groups in total. The molecular formula is C14H12F3N3O2S. The van der Waals surface area contributed by atoms with Crippen molar-refractivity contribution < 1.29 is 22.7 Å². The Balaban J connectivity index is 2.33. The molecule has 122 valence electrons. The lowest BCUT2D eigenvalue weighted by molar-refractivity contribution is -0.145. The first kappa shape index (κ1) is 17.2. The van der Waals surface area contributed by atoms with E-state index in [4.69, 9.17) is 4.74 Å². The highest BCUT2D eigenvalue weighted by Crippen LogP contribution is 2.34. The maximum atomic E-state index is 13.0. The molecule has 0 fully saturated rings. The third-order valence-corrected chi connectivity index (χ3v) is 3.53. The molecule has 1 aromatic heterocycles. The average molecular weight is 343 g/mol. The van der Waals surface area contributed by atoms with Gasteiger partial charge in [-0.15, -0.1) is 10.2 Å². The van der Waals surface area contributed by atoms with E-state index >= 15 is 0 Å². The number of halogens is 3. The van der Waals surface area contributed by atoms with E-state index in [-0.39, 0.29) is 18.2 Å². The second kappa shape index (κ2) is 7.40. The predicted molar refractivity (Wildman–Crippen MR) is 77.6 cm³/mol. The zero-order valence-electron chi connectivity index (χ0n) is 12.0. The van der Waals surface area contributed by atoms with Gasteiger partial charge in [-0.1, -0.05) is 42.1 Å². The highest BCUT2D eigenvalue weighted by Gasteiger charge is 2.37. The topological polar surface area (TPSA) is 65.0 Å². The fourth-order valence-corrected chi connectivity index (χ4v) is 2.41. The number of ether oxygens (including phenoxy) is 1. The van der Waals surface area contributed by atoms with Gasteiger partial charge in [-0.3, -0.25) is 4.79 Å². The van der Waals surface area contributed by atoms with Gasteiger partial charge in [-0.05, 0) is 6.92 Å². The summed E-state index contributed by atoms with van der Waals surface area (Å²) in [6.07, 6.45) is -4.70. The molecule has 1 aromatic carbocycles. The van der Waals surface area contributed by atoms with E-state index in [1.165, 1.54) is 0 Å². The van der Waals surface area contributed by atoms with Crippen LogP contribution in [0.3, 0.4) is 0 Å². The van der Waals surface area contributed by atoms with Crippen LogP contribution in [0.2, 0.25) is 0 Å². The Labute approximate surface area is 134 Å². The Morgan fingerprint density at radius 2 is 1.91 bits per heavy atom. The van der Waals surface area contributed by atoms with Crippen LogP contribution in [0.15, 0.2) is 35.4 Å². The lowest BCUT2D eigenvalue weighted by Gasteiger charge is -2.10. The molecule has 5 nitrogen and oxygen atoms in total. The standard InChI is InChI=1S/C14H12F3N3O2S/c1-2-22-10(21)8-23-13-11(14(15,16)17)19-20-12(18-13)9-6-4-3-5-7-9/h3-7H,2,8H2,1H3. The third kappa shape index (κ3) is 4.65. The molecule has 0 saturated heterocycles. The predicted octanol–water partition coefficient (Wildman–Crippen LogP) is 3.21. The van der Waals surface area contributed by atoms with Crippen molar-refractivity contribution in [1.29, 1.82) is 0 Å². The van der Waals surface area contributed by atoms with E-state index in [2.05, 4.69) is 15.2 Å². The van der Waals surface area contributed by atoms with E-state index < -0.39 is 22.9 Å². The van der Waals surface area contributed by atoms with Gasteiger partial charge in [0.2, 0.25) is 0 Å². The van der Waals surface area contributed by atoms with Crippen LogP contribution in [0.4, 0.5) is 13.2 Å². The van der Waals surface area contributed by atoms with Crippen LogP contribution in [0, 0.1) is 0 Å². The maximum Gasteiger partial charge on any atom is 0.437 e. The number of hydrogen-bond acceptors (Lipinski definition) is 6. The molecule has 0 saturated carbocycles. The molecule has 0 amide bonds. The van der Waals surface area contributed by atoms with Crippen LogP contribution < -0.4 is 0 Å². The SMILES string of the molecule is CCOC(=O)CSc1nc(-c2ccccc2)nnc1C(F)(F)F. The summed E-state index contributed by atoms with van der Waals surface area (Å²) in [6.45, 7) is 1.77. The van der Waals surface area contributed by atoms with Gasteiger partial charge in [-0.25, -0.2) is 4.98 Å². The summed E-state index contributed by atoms with van der Waals surface area (Å²) in [5, 5.41) is 6.37. The van der Waals surface area contributed by atoms with Crippen molar-refractivity contribution in [2.24, 2.45) is 0 Å². The van der Waals surface area contributed by atoms with Crippen LogP contribution in [0.25, 0.3) is 11.4 Å². The highest BCUT2D eigenvalue weighted by atomic mass is 32.2. The van der Waals surface area contributed by atoms with Crippen molar-refractivity contribution in [1.82, 2.24) is 15.2 Å². The average Bonchev–Trinajstić information content (AvgIpc) is 2.53. The molecular weight excluding hydrogens is 331 g/mol. The molecule has 0 aliphatic carbocycles. The number of benzene rings is 1. The van der Waals surface area contributed by atoms with Crippen molar-refractivity contribution in [2.45, 2.75) is 18.1 Å². The number of hydrogen-bond donors (Lipinski definition) is 0. The lowest BCUT2D eigenvalue weighted by Crippen LogP contribution is -2.15. The number of carbonyl (C=O) groups excluding carboxylic acids is 1. The number of alkyl halides is 3. The molecule has 0 radical (unpaired) electrons. The summed E-state index contributed by atoms with van der Waals surface area (Å²) in [5.74, 6) is -0.848. The van der Waals surface area contributed by atoms with Crippen LogP contribution in [0.1, 0.15) is 12.6 Å². The molecule has 9 heteroatoms. The summed E-state index contributed by atoms with van der Waals surface area (Å²) in [7, 11) is 0. The third-order valence-electron chi connectivity index (χ3n) is 2.59. The Morgan fingerprint density at radius 1 is 1.22 bits per heavy atom. The fourth-order valence-electron chi connectivity index (χ4n) is 1.63. The van der Waals surface area contributed by atoms with Crippen LogP contribution in [0.5, 0.6) is 0 Å². The van der Waals surface area contributed by atoms with E-state index in [9.17, 15) is 18.0 Å². The largest absolute Gasteiger partial charge is 0.465 e. The van der Waals surface area contributed by atoms with Gasteiger partial charge in [0.15, 0.2) is 11.5 Å². The second-order valence-electron chi connectivity index (χ2n) is 4.25. The number of rotatable bonds is 5. The van der Waals surface area contributed by atoms with Gasteiger partial charge in [0, 0.05) is 5.56 Å². The molecule has 0 atom stereocenters. The fraction of sp³-hybridized carbons (Fsp3) is 0.286. The zero-order valence-corrected chi connectivity index (χ0v) is 12.8. The highest BCUT2D eigenvalue weighted by molar-refractivity contribution is 7.99. The Morgan fingerprint density at radius 3 is 2.52 bits per heavy atom. The molecule has 0 aliphatic rings. The molecule has 0 spiro atoms. The molecule has 0 unspecified atom stereocenters. The van der Waals surface area contributed by atoms with Gasteiger partial charge in [-0.2, -0.15) is 13.2 Å². The summed E-state index contributed by atoms with van der Waals surface area (Å²) in [6, 6.07) is 8.50. The van der Waals surface area contributed by atoms with Gasteiger partial charge < -0.3 is 4.74 Å². The van der Waals surface area contributed by atoms with Gasteiger partial charge >= 0.3 is 12.1 Å². The molecule has 2 aromatic rings. The molecule has 23 heavy (non-hydrogen) atoms. The van der Waals surface area contributed by atoms with E-state index in [1.807, 2.05) is 0 Å². The minimum absolute atomic E-state index is 0.0601. The van der Waals surface area contributed by atoms with E-state index in [0.717, 1.165) is 0 Å². The van der Waals surface area contributed by atoms with Gasteiger partial charge in [0.25, 0.3) is 0 Å². The number of aromatic nitrogens is 3. The monoisotopic (exact) mass is 343 g/mol. The van der Waals surface area contributed by atoms with Crippen LogP contribution in [-0.2, 0) is 15.7 Å². The molecule has 0 bridgehead atoms. The van der Waals surface area contributed by atoms with Gasteiger partial charge in [0.1, 0.15) is 5.03 Å². The van der Waals surface area contributed by atoms with Crippen LogP contribution in [-0.4, -0.2) is 33.5 Å². The van der Waals surface area contributed by atoms with Gasteiger partial charge in [0.05, 0.1) is 12.4 Å². The van der Waals surface area contributed by atoms with E-state index in [1.54, 1.807) is 37.3 Å². The normalized spacial score (nSPS) is 11.3. The first-order valence-corrected chi connectivity index (χ1v) is 7.56. The minimum Gasteiger partial charge on any atom is -0.465 e. The minimum atomic E-state index is -4.70. The van der Waals surface area contributed by atoms with Crippen molar-refractivity contribution in [2.75, 3.05) is 12.4 Å². The first-order chi connectivity index (χ1) is 10.9. The van der Waals surface area contributed by atoms with Crippen molar-refractivity contribution in [3.8, 4) is 11.4 Å². The Hall–Kier alpha value is -2.16. The Bertz CT molecular complexity index is 681. The van der Waals surface area contributed by atoms with Crippen molar-refractivity contribution in [3.63, 3.8) is 0 Å². The number of thioether (sulfide) groups is 1. The van der Waals surface area contributed by atoms with Crippen molar-refractivity contribution in [3.05, 3.63) is 36.0 Å². The van der Waals surface area contributed by atoms with Crippen LogP contribution >= 0.6 is 11.8 Å². The first-order valence-electron chi connectivity index (χ1n) is 6.57. The van der Waals surface area contributed by atoms with E-state index in [0.29, 0.717) is 17.3 Å². The smallest absolute Gasteiger partial charge is 0.437 e. The second-order valence-corrected chi connectivity index (χ2v) is 5.21. The number of esters is 1.